The summed E-state index contributed by atoms with van der Waals surface area (Å²) in [4.78, 5) is 39.9. The summed E-state index contributed by atoms with van der Waals surface area (Å²) in [6, 6.07) is 15.2. The minimum absolute atomic E-state index is 0.247. The van der Waals surface area contributed by atoms with Crippen LogP contribution < -0.4 is 4.90 Å². The SMILES string of the molecule is CN(C(=O)[C@H](Cc1ccccc1)N1C(=O)C=CC1=O)c1ccc(Cl)cc1. The molecule has 1 aliphatic heterocycles. The Bertz CT molecular complexity index is 844. The predicted octanol–water partition coefficient (Wildman–Crippen LogP) is 2.84. The Morgan fingerprint density at radius 3 is 2.15 bits per heavy atom. The second-order valence-corrected chi connectivity index (χ2v) is 6.40. The Kier molecular flexibility index (Phi) is 5.19. The van der Waals surface area contributed by atoms with E-state index in [0.717, 1.165) is 10.5 Å². The summed E-state index contributed by atoms with van der Waals surface area (Å²) in [5, 5.41) is 0.560. The Hall–Kier alpha value is -2.92. The number of nitrogens with zero attached hydrogens (tertiary/aromatic N) is 2. The highest BCUT2D eigenvalue weighted by atomic mass is 35.5. The molecule has 5 nitrogen and oxygen atoms in total. The second kappa shape index (κ2) is 7.54. The number of likely N-dealkylation sites (N-methyl/N-ethyl adjacent to an activating group) is 1. The first-order valence-corrected chi connectivity index (χ1v) is 8.47. The number of halogens is 1. The maximum atomic E-state index is 13.1. The quantitative estimate of drug-likeness (QED) is 0.762. The number of benzene rings is 2. The molecule has 3 amide bonds. The first-order valence-electron chi connectivity index (χ1n) is 8.09. The topological polar surface area (TPSA) is 57.7 Å². The highest BCUT2D eigenvalue weighted by Crippen LogP contribution is 2.21. The summed E-state index contributed by atoms with van der Waals surface area (Å²) >= 11 is 5.90. The van der Waals surface area contributed by atoms with E-state index in [0.29, 0.717) is 10.7 Å². The average Bonchev–Trinajstić information content (AvgIpc) is 2.98. The molecule has 0 aromatic heterocycles. The monoisotopic (exact) mass is 368 g/mol. The fourth-order valence-electron chi connectivity index (χ4n) is 2.86. The van der Waals surface area contributed by atoms with E-state index in [9.17, 15) is 14.4 Å². The zero-order valence-electron chi connectivity index (χ0n) is 14.1. The van der Waals surface area contributed by atoms with Gasteiger partial charge in [0, 0.05) is 36.3 Å². The van der Waals surface area contributed by atoms with Crippen molar-refractivity contribution >= 4 is 35.0 Å². The van der Waals surface area contributed by atoms with Crippen LogP contribution in [-0.2, 0) is 20.8 Å². The smallest absolute Gasteiger partial charge is 0.254 e. The molecule has 0 bridgehead atoms. The van der Waals surface area contributed by atoms with Gasteiger partial charge in [-0.15, -0.1) is 0 Å². The van der Waals surface area contributed by atoms with E-state index in [1.165, 1.54) is 17.1 Å². The van der Waals surface area contributed by atoms with Crippen molar-refractivity contribution in [2.24, 2.45) is 0 Å². The van der Waals surface area contributed by atoms with Crippen molar-refractivity contribution in [2.75, 3.05) is 11.9 Å². The van der Waals surface area contributed by atoms with Gasteiger partial charge < -0.3 is 4.90 Å². The van der Waals surface area contributed by atoms with Crippen LogP contribution >= 0.6 is 11.6 Å². The lowest BCUT2D eigenvalue weighted by atomic mass is 10.0. The zero-order chi connectivity index (χ0) is 18.7. The largest absolute Gasteiger partial charge is 0.314 e. The molecule has 0 saturated carbocycles. The molecule has 1 heterocycles. The molecule has 0 aliphatic carbocycles. The van der Waals surface area contributed by atoms with Gasteiger partial charge in [-0.2, -0.15) is 0 Å². The molecule has 132 valence electrons. The Labute approximate surface area is 156 Å². The van der Waals surface area contributed by atoms with Gasteiger partial charge >= 0.3 is 0 Å². The Balaban J connectivity index is 1.91. The molecule has 0 saturated heterocycles. The lowest BCUT2D eigenvalue weighted by Crippen LogP contribution is -2.51. The fraction of sp³-hybridized carbons (Fsp3) is 0.150. The maximum absolute atomic E-state index is 13.1. The number of carbonyl (C=O) groups excluding carboxylic acids is 3. The summed E-state index contributed by atoms with van der Waals surface area (Å²) in [5.41, 5.74) is 1.49. The summed E-state index contributed by atoms with van der Waals surface area (Å²) < 4.78 is 0. The zero-order valence-corrected chi connectivity index (χ0v) is 14.9. The third kappa shape index (κ3) is 3.68. The molecule has 1 aliphatic rings. The van der Waals surface area contributed by atoms with Crippen LogP contribution in [0.5, 0.6) is 0 Å². The lowest BCUT2D eigenvalue weighted by Gasteiger charge is -2.29. The number of amides is 3. The molecule has 0 radical (unpaired) electrons. The number of rotatable bonds is 5. The minimum Gasteiger partial charge on any atom is -0.314 e. The van der Waals surface area contributed by atoms with Crippen LogP contribution in [0.1, 0.15) is 5.56 Å². The van der Waals surface area contributed by atoms with E-state index in [1.54, 1.807) is 31.3 Å². The van der Waals surface area contributed by atoms with Gasteiger partial charge in [-0.25, -0.2) is 0 Å². The van der Waals surface area contributed by atoms with E-state index < -0.39 is 17.9 Å². The van der Waals surface area contributed by atoms with Gasteiger partial charge in [-0.05, 0) is 29.8 Å². The molecule has 1 atom stereocenters. The van der Waals surface area contributed by atoms with Gasteiger partial charge in [0.25, 0.3) is 11.8 Å². The number of anilines is 1. The van der Waals surface area contributed by atoms with Gasteiger partial charge in [-0.1, -0.05) is 41.9 Å². The molecule has 3 rings (SSSR count). The number of hydrogen-bond donors (Lipinski definition) is 0. The van der Waals surface area contributed by atoms with Crippen LogP contribution in [0.15, 0.2) is 66.7 Å². The van der Waals surface area contributed by atoms with Gasteiger partial charge in [0.15, 0.2) is 0 Å². The molecular weight excluding hydrogens is 352 g/mol. The highest BCUT2D eigenvalue weighted by molar-refractivity contribution is 6.30. The molecular formula is C20H17ClN2O3. The van der Waals surface area contributed by atoms with Crippen LogP contribution in [0.4, 0.5) is 5.69 Å². The van der Waals surface area contributed by atoms with Crippen molar-refractivity contribution in [3.05, 3.63) is 77.3 Å². The fourth-order valence-corrected chi connectivity index (χ4v) is 2.99. The maximum Gasteiger partial charge on any atom is 0.254 e. The van der Waals surface area contributed by atoms with E-state index in [2.05, 4.69) is 0 Å². The molecule has 0 fully saturated rings. The van der Waals surface area contributed by atoms with Gasteiger partial charge in [0.2, 0.25) is 5.91 Å². The standard InChI is InChI=1S/C20H17ClN2O3/c1-22(16-9-7-15(21)8-10-16)20(26)17(13-14-5-3-2-4-6-14)23-18(24)11-12-19(23)25/h2-12,17H,13H2,1H3/t17-/m0/s1. The first-order chi connectivity index (χ1) is 12.5. The predicted molar refractivity (Wildman–Crippen MR) is 99.8 cm³/mol. The highest BCUT2D eigenvalue weighted by Gasteiger charge is 2.37. The lowest BCUT2D eigenvalue weighted by molar-refractivity contribution is -0.144. The molecule has 2 aromatic rings. The normalized spacial score (nSPS) is 14.6. The molecule has 2 aromatic carbocycles. The summed E-state index contributed by atoms with van der Waals surface area (Å²) in [6.07, 6.45) is 2.63. The third-order valence-electron chi connectivity index (χ3n) is 4.26. The molecule has 0 spiro atoms. The van der Waals surface area contributed by atoms with Crippen molar-refractivity contribution in [1.82, 2.24) is 4.90 Å². The van der Waals surface area contributed by atoms with Crippen LogP contribution in [0.25, 0.3) is 0 Å². The third-order valence-corrected chi connectivity index (χ3v) is 4.51. The number of carbonyl (C=O) groups is 3. The van der Waals surface area contributed by atoms with Gasteiger partial charge in [0.1, 0.15) is 6.04 Å². The van der Waals surface area contributed by atoms with Crippen LogP contribution in [0.2, 0.25) is 5.02 Å². The van der Waals surface area contributed by atoms with E-state index in [1.807, 2.05) is 30.3 Å². The summed E-state index contributed by atoms with van der Waals surface area (Å²) in [5.74, 6) is -1.30. The Morgan fingerprint density at radius 1 is 1.00 bits per heavy atom. The van der Waals surface area contributed by atoms with E-state index in [4.69, 9.17) is 11.6 Å². The summed E-state index contributed by atoms with van der Waals surface area (Å²) in [7, 11) is 1.61. The first kappa shape index (κ1) is 17.9. The van der Waals surface area contributed by atoms with Gasteiger partial charge in [0.05, 0.1) is 0 Å². The summed E-state index contributed by atoms with van der Waals surface area (Å²) in [6.45, 7) is 0. The van der Waals surface area contributed by atoms with Crippen LogP contribution in [-0.4, -0.2) is 35.7 Å². The van der Waals surface area contributed by atoms with Gasteiger partial charge in [-0.3, -0.25) is 19.3 Å². The minimum atomic E-state index is -0.923. The second-order valence-electron chi connectivity index (χ2n) is 5.96. The van der Waals surface area contributed by atoms with E-state index >= 15 is 0 Å². The molecule has 0 unspecified atom stereocenters. The molecule has 6 heteroatoms. The van der Waals surface area contributed by atoms with Crippen molar-refractivity contribution in [1.29, 1.82) is 0 Å². The van der Waals surface area contributed by atoms with Crippen molar-refractivity contribution < 1.29 is 14.4 Å². The van der Waals surface area contributed by atoms with Crippen molar-refractivity contribution in [3.63, 3.8) is 0 Å². The number of imide groups is 1. The number of hydrogen-bond acceptors (Lipinski definition) is 3. The van der Waals surface area contributed by atoms with E-state index in [-0.39, 0.29) is 12.3 Å². The average molecular weight is 369 g/mol. The van der Waals surface area contributed by atoms with Crippen LogP contribution in [0, 0.1) is 0 Å². The van der Waals surface area contributed by atoms with Crippen molar-refractivity contribution in [3.8, 4) is 0 Å². The Morgan fingerprint density at radius 2 is 1.58 bits per heavy atom. The molecule has 0 N–H and O–H groups in total. The molecule has 26 heavy (non-hydrogen) atoms. The van der Waals surface area contributed by atoms with Crippen LogP contribution in [0.3, 0.4) is 0 Å². The van der Waals surface area contributed by atoms with Crippen molar-refractivity contribution in [2.45, 2.75) is 12.5 Å².